The molecule has 104 valence electrons. The van der Waals surface area contributed by atoms with Crippen molar-refractivity contribution in [2.75, 3.05) is 19.6 Å². The molecule has 1 aliphatic heterocycles. The van der Waals surface area contributed by atoms with Crippen molar-refractivity contribution in [2.45, 2.75) is 32.2 Å². The number of amides is 1. The molecular formula is C15H21ClN2O. The molecular weight excluding hydrogens is 260 g/mol. The van der Waals surface area contributed by atoms with Crippen LogP contribution in [0.2, 0.25) is 5.02 Å². The highest BCUT2D eigenvalue weighted by atomic mass is 35.5. The van der Waals surface area contributed by atoms with Crippen LogP contribution in [0.1, 0.15) is 36.5 Å². The normalized spacial score (nSPS) is 19.2. The van der Waals surface area contributed by atoms with E-state index in [-0.39, 0.29) is 5.91 Å². The Morgan fingerprint density at radius 1 is 1.42 bits per heavy atom. The Morgan fingerprint density at radius 3 is 2.84 bits per heavy atom. The van der Waals surface area contributed by atoms with Crippen LogP contribution in [0.5, 0.6) is 0 Å². The first-order valence-corrected chi connectivity index (χ1v) is 7.37. The third-order valence-electron chi connectivity index (χ3n) is 3.63. The Balaban J connectivity index is 2.04. The van der Waals surface area contributed by atoms with Crippen LogP contribution >= 0.6 is 11.6 Å². The average molecular weight is 281 g/mol. The zero-order valence-electron chi connectivity index (χ0n) is 11.4. The maximum atomic E-state index is 12.5. The van der Waals surface area contributed by atoms with Crippen LogP contribution in [-0.4, -0.2) is 36.5 Å². The monoisotopic (exact) mass is 280 g/mol. The largest absolute Gasteiger partial charge is 0.337 e. The highest BCUT2D eigenvalue weighted by molar-refractivity contribution is 6.33. The first kappa shape index (κ1) is 14.4. The second-order valence-electron chi connectivity index (χ2n) is 4.97. The lowest BCUT2D eigenvalue weighted by Crippen LogP contribution is -2.45. The Hall–Kier alpha value is -1.06. The smallest absolute Gasteiger partial charge is 0.255 e. The van der Waals surface area contributed by atoms with Gasteiger partial charge in [-0.15, -0.1) is 0 Å². The minimum atomic E-state index is 0.0282. The molecule has 1 atom stereocenters. The van der Waals surface area contributed by atoms with Crippen LogP contribution in [0, 0.1) is 0 Å². The van der Waals surface area contributed by atoms with Gasteiger partial charge in [0.05, 0.1) is 10.6 Å². The summed E-state index contributed by atoms with van der Waals surface area (Å²) in [5.41, 5.74) is 0.599. The zero-order chi connectivity index (χ0) is 13.7. The molecule has 0 saturated carbocycles. The van der Waals surface area contributed by atoms with Crippen LogP contribution in [0.3, 0.4) is 0 Å². The van der Waals surface area contributed by atoms with Crippen molar-refractivity contribution >= 4 is 17.5 Å². The van der Waals surface area contributed by atoms with E-state index in [2.05, 4.69) is 5.32 Å². The lowest BCUT2D eigenvalue weighted by Gasteiger charge is -2.30. The molecule has 0 radical (unpaired) electrons. The van der Waals surface area contributed by atoms with Crippen molar-refractivity contribution in [2.24, 2.45) is 0 Å². The molecule has 3 nitrogen and oxygen atoms in total. The van der Waals surface area contributed by atoms with E-state index in [0.29, 0.717) is 23.2 Å². The number of carbonyl (C=O) groups excluding carboxylic acids is 1. The van der Waals surface area contributed by atoms with Gasteiger partial charge < -0.3 is 10.2 Å². The molecule has 0 bridgehead atoms. The number of hydrogen-bond donors (Lipinski definition) is 1. The van der Waals surface area contributed by atoms with E-state index < -0.39 is 0 Å². The third-order valence-corrected chi connectivity index (χ3v) is 3.96. The number of hydrogen-bond acceptors (Lipinski definition) is 2. The SMILES string of the molecule is CCN(CC1CCCCN1)C(=O)c1ccccc1Cl. The molecule has 1 unspecified atom stereocenters. The summed E-state index contributed by atoms with van der Waals surface area (Å²) in [6.07, 6.45) is 3.63. The van der Waals surface area contributed by atoms with Crippen LogP contribution < -0.4 is 5.32 Å². The summed E-state index contributed by atoms with van der Waals surface area (Å²) in [6.45, 7) is 4.54. The van der Waals surface area contributed by atoms with E-state index in [1.54, 1.807) is 12.1 Å². The second-order valence-corrected chi connectivity index (χ2v) is 5.38. The molecule has 1 aromatic rings. The molecule has 1 aromatic carbocycles. The molecule has 1 amide bonds. The number of carbonyl (C=O) groups is 1. The summed E-state index contributed by atoms with van der Waals surface area (Å²) < 4.78 is 0. The standard InChI is InChI=1S/C15H21ClN2O/c1-2-18(11-12-7-5-6-10-17-12)15(19)13-8-3-4-9-14(13)16/h3-4,8-9,12,17H,2,5-7,10-11H2,1H3. The van der Waals surface area contributed by atoms with Gasteiger partial charge in [-0.05, 0) is 38.4 Å². The van der Waals surface area contributed by atoms with Crippen molar-refractivity contribution in [1.82, 2.24) is 10.2 Å². The summed E-state index contributed by atoms with van der Waals surface area (Å²) in [5, 5.41) is 4.01. The van der Waals surface area contributed by atoms with Crippen LogP contribution in [0.25, 0.3) is 0 Å². The van der Waals surface area contributed by atoms with Gasteiger partial charge in [-0.3, -0.25) is 4.79 Å². The van der Waals surface area contributed by atoms with Crippen molar-refractivity contribution < 1.29 is 4.79 Å². The zero-order valence-corrected chi connectivity index (χ0v) is 12.1. The van der Waals surface area contributed by atoms with E-state index in [0.717, 1.165) is 19.5 Å². The molecule has 19 heavy (non-hydrogen) atoms. The van der Waals surface area contributed by atoms with Gasteiger partial charge in [0.1, 0.15) is 0 Å². The van der Waals surface area contributed by atoms with Gasteiger partial charge in [0.2, 0.25) is 0 Å². The predicted molar refractivity (Wildman–Crippen MR) is 78.7 cm³/mol. The van der Waals surface area contributed by atoms with Gasteiger partial charge in [0, 0.05) is 19.1 Å². The third kappa shape index (κ3) is 3.71. The van der Waals surface area contributed by atoms with Gasteiger partial charge in [-0.2, -0.15) is 0 Å². The molecule has 1 aliphatic rings. The predicted octanol–water partition coefficient (Wildman–Crippen LogP) is 2.94. The second kappa shape index (κ2) is 6.92. The number of nitrogens with one attached hydrogen (secondary N) is 1. The average Bonchev–Trinajstić information content (AvgIpc) is 2.46. The van der Waals surface area contributed by atoms with E-state index in [1.165, 1.54) is 12.8 Å². The topological polar surface area (TPSA) is 32.3 Å². The molecule has 1 N–H and O–H groups in total. The Bertz CT molecular complexity index is 430. The van der Waals surface area contributed by atoms with Crippen molar-refractivity contribution in [3.05, 3.63) is 34.9 Å². The summed E-state index contributed by atoms with van der Waals surface area (Å²) in [6, 6.07) is 7.67. The quantitative estimate of drug-likeness (QED) is 0.920. The Kier molecular flexibility index (Phi) is 5.23. The summed E-state index contributed by atoms with van der Waals surface area (Å²) in [5.74, 6) is 0.0282. The number of nitrogens with zero attached hydrogens (tertiary/aromatic N) is 1. The minimum Gasteiger partial charge on any atom is -0.337 e. The molecule has 1 saturated heterocycles. The fraction of sp³-hybridized carbons (Fsp3) is 0.533. The molecule has 0 aliphatic carbocycles. The summed E-state index contributed by atoms with van der Waals surface area (Å²) in [7, 11) is 0. The Morgan fingerprint density at radius 2 is 2.21 bits per heavy atom. The molecule has 1 fully saturated rings. The molecule has 4 heteroatoms. The van der Waals surface area contributed by atoms with Gasteiger partial charge in [0.15, 0.2) is 0 Å². The van der Waals surface area contributed by atoms with Crippen LogP contribution in [-0.2, 0) is 0 Å². The first-order valence-electron chi connectivity index (χ1n) is 6.99. The maximum absolute atomic E-state index is 12.5. The number of rotatable bonds is 4. The van der Waals surface area contributed by atoms with Crippen LogP contribution in [0.4, 0.5) is 0 Å². The number of halogens is 1. The lowest BCUT2D eigenvalue weighted by molar-refractivity contribution is 0.0741. The van der Waals surface area contributed by atoms with Gasteiger partial charge in [-0.1, -0.05) is 30.2 Å². The summed E-state index contributed by atoms with van der Waals surface area (Å²) in [4.78, 5) is 14.4. The van der Waals surface area contributed by atoms with Crippen molar-refractivity contribution in [1.29, 1.82) is 0 Å². The highest BCUT2D eigenvalue weighted by Crippen LogP contribution is 2.18. The number of benzene rings is 1. The van der Waals surface area contributed by atoms with E-state index in [4.69, 9.17) is 11.6 Å². The Labute approximate surface area is 119 Å². The fourth-order valence-corrected chi connectivity index (χ4v) is 2.72. The van der Waals surface area contributed by atoms with E-state index in [1.807, 2.05) is 24.0 Å². The highest BCUT2D eigenvalue weighted by Gasteiger charge is 2.21. The first-order chi connectivity index (χ1) is 9.22. The summed E-state index contributed by atoms with van der Waals surface area (Å²) >= 11 is 6.10. The van der Waals surface area contributed by atoms with Crippen LogP contribution in [0.15, 0.2) is 24.3 Å². The molecule has 2 rings (SSSR count). The molecule has 1 heterocycles. The number of piperidine rings is 1. The van der Waals surface area contributed by atoms with Gasteiger partial charge in [-0.25, -0.2) is 0 Å². The van der Waals surface area contributed by atoms with Gasteiger partial charge >= 0.3 is 0 Å². The minimum absolute atomic E-state index is 0.0282. The van der Waals surface area contributed by atoms with E-state index >= 15 is 0 Å². The number of likely N-dealkylation sites (N-methyl/N-ethyl adjacent to an activating group) is 1. The molecule has 0 aromatic heterocycles. The van der Waals surface area contributed by atoms with Crippen molar-refractivity contribution in [3.63, 3.8) is 0 Å². The van der Waals surface area contributed by atoms with E-state index in [9.17, 15) is 4.79 Å². The molecule has 0 spiro atoms. The fourth-order valence-electron chi connectivity index (χ4n) is 2.51. The van der Waals surface area contributed by atoms with Crippen molar-refractivity contribution in [3.8, 4) is 0 Å². The van der Waals surface area contributed by atoms with Gasteiger partial charge in [0.25, 0.3) is 5.91 Å². The maximum Gasteiger partial charge on any atom is 0.255 e. The lowest BCUT2D eigenvalue weighted by atomic mass is 10.0.